The van der Waals surface area contributed by atoms with Crippen molar-refractivity contribution in [3.05, 3.63) is 81.5 Å². The first-order chi connectivity index (χ1) is 15.7. The van der Waals surface area contributed by atoms with Crippen molar-refractivity contribution in [3.8, 4) is 11.1 Å². The van der Waals surface area contributed by atoms with Crippen molar-refractivity contribution in [2.24, 2.45) is 5.16 Å². The number of hydrogen-bond donors (Lipinski definition) is 2. The third-order valence-corrected chi connectivity index (χ3v) is 5.59. The summed E-state index contributed by atoms with van der Waals surface area (Å²) in [6, 6.07) is 13.4. The lowest BCUT2D eigenvalue weighted by atomic mass is 10.0. The molecule has 33 heavy (non-hydrogen) atoms. The SMILES string of the molecule is CC(=NOCc1ccc(-c2ccsc2)cc1C(F)(F)F)c1ccc(CNCCC(=O)O)cc1. The van der Waals surface area contributed by atoms with Gasteiger partial charge in [0.05, 0.1) is 17.7 Å². The van der Waals surface area contributed by atoms with Gasteiger partial charge in [-0.1, -0.05) is 41.6 Å². The minimum Gasteiger partial charge on any atom is -0.481 e. The first-order valence-corrected chi connectivity index (χ1v) is 11.1. The van der Waals surface area contributed by atoms with Gasteiger partial charge in [-0.2, -0.15) is 24.5 Å². The van der Waals surface area contributed by atoms with Gasteiger partial charge < -0.3 is 15.3 Å². The lowest BCUT2D eigenvalue weighted by molar-refractivity contribution is -0.139. The van der Waals surface area contributed by atoms with Crippen LogP contribution in [0.5, 0.6) is 0 Å². The predicted octanol–water partition coefficient (Wildman–Crippen LogP) is 5.94. The molecule has 0 aliphatic rings. The minimum atomic E-state index is -4.50. The highest BCUT2D eigenvalue weighted by Crippen LogP contribution is 2.35. The third-order valence-electron chi connectivity index (χ3n) is 4.91. The number of nitrogens with zero attached hydrogens (tertiary/aromatic N) is 1. The molecule has 1 aromatic heterocycles. The van der Waals surface area contributed by atoms with Gasteiger partial charge in [-0.3, -0.25) is 4.79 Å². The molecule has 0 aliphatic heterocycles. The predicted molar refractivity (Wildman–Crippen MR) is 122 cm³/mol. The quantitative estimate of drug-likeness (QED) is 0.216. The van der Waals surface area contributed by atoms with E-state index >= 15 is 0 Å². The molecule has 0 bridgehead atoms. The molecule has 0 atom stereocenters. The van der Waals surface area contributed by atoms with Crippen LogP contribution in [0.1, 0.15) is 35.6 Å². The van der Waals surface area contributed by atoms with Gasteiger partial charge in [0.1, 0.15) is 6.61 Å². The molecule has 5 nitrogen and oxygen atoms in total. The van der Waals surface area contributed by atoms with Crippen LogP contribution in [0, 0.1) is 0 Å². The van der Waals surface area contributed by atoms with Crippen LogP contribution < -0.4 is 5.32 Å². The van der Waals surface area contributed by atoms with Crippen LogP contribution in [-0.2, 0) is 29.0 Å². The number of oxime groups is 1. The molecule has 174 valence electrons. The number of nitrogens with one attached hydrogen (secondary N) is 1. The van der Waals surface area contributed by atoms with Crippen LogP contribution in [0.2, 0.25) is 0 Å². The van der Waals surface area contributed by atoms with Crippen LogP contribution >= 0.6 is 11.3 Å². The van der Waals surface area contributed by atoms with Crippen LogP contribution in [0.4, 0.5) is 13.2 Å². The first-order valence-electron chi connectivity index (χ1n) is 10.1. The van der Waals surface area contributed by atoms with Crippen molar-refractivity contribution in [1.29, 1.82) is 0 Å². The van der Waals surface area contributed by atoms with E-state index in [4.69, 9.17) is 9.94 Å². The molecule has 0 saturated carbocycles. The number of alkyl halides is 3. The number of carboxylic acid groups (broad SMARTS) is 1. The Kier molecular flexibility index (Phi) is 8.24. The molecule has 0 saturated heterocycles. The Morgan fingerprint density at radius 1 is 1.12 bits per heavy atom. The number of rotatable bonds is 10. The lowest BCUT2D eigenvalue weighted by Crippen LogP contribution is -2.17. The molecule has 0 unspecified atom stereocenters. The summed E-state index contributed by atoms with van der Waals surface area (Å²) in [6.45, 7) is 2.31. The van der Waals surface area contributed by atoms with Crippen LogP contribution in [0.15, 0.2) is 64.4 Å². The minimum absolute atomic E-state index is 0.0146. The second kappa shape index (κ2) is 11.1. The fraction of sp³-hybridized carbons (Fsp3) is 0.250. The van der Waals surface area contributed by atoms with Crippen molar-refractivity contribution in [3.63, 3.8) is 0 Å². The van der Waals surface area contributed by atoms with Gasteiger partial charge in [0.15, 0.2) is 0 Å². The van der Waals surface area contributed by atoms with Gasteiger partial charge >= 0.3 is 12.1 Å². The number of hydrogen-bond acceptors (Lipinski definition) is 5. The summed E-state index contributed by atoms with van der Waals surface area (Å²) in [5.74, 6) is -0.856. The zero-order valence-electron chi connectivity index (χ0n) is 17.9. The summed E-state index contributed by atoms with van der Waals surface area (Å²) < 4.78 is 40.8. The van der Waals surface area contributed by atoms with E-state index in [0.29, 0.717) is 24.4 Å². The second-order valence-electron chi connectivity index (χ2n) is 7.35. The molecule has 1 heterocycles. The Balaban J connectivity index is 1.62. The lowest BCUT2D eigenvalue weighted by Gasteiger charge is -2.14. The Labute approximate surface area is 193 Å². The topological polar surface area (TPSA) is 70.9 Å². The number of benzene rings is 2. The average molecular weight is 477 g/mol. The van der Waals surface area contributed by atoms with Gasteiger partial charge in [-0.25, -0.2) is 0 Å². The Hall–Kier alpha value is -3.17. The van der Waals surface area contributed by atoms with Crippen molar-refractivity contribution >= 4 is 23.0 Å². The Morgan fingerprint density at radius 2 is 1.88 bits per heavy atom. The highest BCUT2D eigenvalue weighted by atomic mass is 32.1. The van der Waals surface area contributed by atoms with E-state index in [-0.39, 0.29) is 18.6 Å². The summed E-state index contributed by atoms with van der Waals surface area (Å²) in [4.78, 5) is 15.8. The molecule has 9 heteroatoms. The molecule has 3 aromatic rings. The van der Waals surface area contributed by atoms with Crippen molar-refractivity contribution < 1.29 is 27.9 Å². The molecule has 0 fully saturated rings. The molecule has 3 rings (SSSR count). The van der Waals surface area contributed by atoms with E-state index in [2.05, 4.69) is 10.5 Å². The zero-order chi connectivity index (χ0) is 23.8. The van der Waals surface area contributed by atoms with E-state index in [1.54, 1.807) is 24.4 Å². The average Bonchev–Trinajstić information content (AvgIpc) is 3.31. The number of carboxylic acids is 1. The summed E-state index contributed by atoms with van der Waals surface area (Å²) in [6.07, 6.45) is -4.45. The number of aliphatic carboxylic acids is 1. The molecule has 0 radical (unpaired) electrons. The number of thiophene rings is 1. The van der Waals surface area contributed by atoms with Crippen molar-refractivity contribution in [2.45, 2.75) is 32.7 Å². The number of halogens is 3. The first kappa shape index (κ1) is 24.5. The van der Waals surface area contributed by atoms with Crippen LogP contribution in [-0.4, -0.2) is 23.3 Å². The smallest absolute Gasteiger partial charge is 0.416 e. The summed E-state index contributed by atoms with van der Waals surface area (Å²) in [7, 11) is 0. The fourth-order valence-corrected chi connectivity index (χ4v) is 3.78. The standard InChI is InChI=1S/C24H23F3N2O3S/c1-16(18-4-2-17(3-5-18)13-28-10-8-23(30)31)29-32-14-20-7-6-19(21-9-11-33-15-21)12-22(20)24(25,26)27/h2-7,9,11-12,15,28H,8,10,13-14H2,1H3,(H,30,31). The molecule has 0 amide bonds. The van der Waals surface area contributed by atoms with E-state index in [0.717, 1.165) is 22.8 Å². The second-order valence-corrected chi connectivity index (χ2v) is 8.13. The highest BCUT2D eigenvalue weighted by molar-refractivity contribution is 7.08. The van der Waals surface area contributed by atoms with Crippen molar-refractivity contribution in [2.75, 3.05) is 6.54 Å². The Bertz CT molecular complexity index is 1100. The Morgan fingerprint density at radius 3 is 2.52 bits per heavy atom. The van der Waals surface area contributed by atoms with Gasteiger partial charge in [-0.05, 0) is 52.1 Å². The van der Waals surface area contributed by atoms with Crippen molar-refractivity contribution in [1.82, 2.24) is 5.32 Å². The van der Waals surface area contributed by atoms with Gasteiger partial charge in [0, 0.05) is 18.7 Å². The van der Waals surface area contributed by atoms with Gasteiger partial charge in [-0.15, -0.1) is 0 Å². The maximum Gasteiger partial charge on any atom is 0.416 e. The molecule has 0 spiro atoms. The maximum atomic E-state index is 13.6. The summed E-state index contributed by atoms with van der Waals surface area (Å²) >= 11 is 1.42. The van der Waals surface area contributed by atoms with E-state index in [1.807, 2.05) is 29.6 Å². The monoisotopic (exact) mass is 476 g/mol. The van der Waals surface area contributed by atoms with Crippen LogP contribution in [0.25, 0.3) is 11.1 Å². The molecule has 2 aromatic carbocycles. The summed E-state index contributed by atoms with van der Waals surface area (Å²) in [5.41, 5.74) is 2.80. The molecular formula is C24H23F3N2O3S. The largest absolute Gasteiger partial charge is 0.481 e. The van der Waals surface area contributed by atoms with E-state index in [1.165, 1.54) is 17.4 Å². The fourth-order valence-electron chi connectivity index (χ4n) is 3.12. The molecule has 0 aliphatic carbocycles. The van der Waals surface area contributed by atoms with Crippen LogP contribution in [0.3, 0.4) is 0 Å². The van der Waals surface area contributed by atoms with Gasteiger partial charge in [0.25, 0.3) is 0 Å². The molecular weight excluding hydrogens is 453 g/mol. The number of carbonyl (C=O) groups is 1. The third kappa shape index (κ3) is 7.16. The molecule has 2 N–H and O–H groups in total. The van der Waals surface area contributed by atoms with E-state index < -0.39 is 17.7 Å². The highest BCUT2D eigenvalue weighted by Gasteiger charge is 2.33. The van der Waals surface area contributed by atoms with Gasteiger partial charge in [0.2, 0.25) is 0 Å². The normalized spacial score (nSPS) is 12.1. The van der Waals surface area contributed by atoms with E-state index in [9.17, 15) is 18.0 Å². The zero-order valence-corrected chi connectivity index (χ0v) is 18.7. The summed E-state index contributed by atoms with van der Waals surface area (Å²) in [5, 5.41) is 19.3. The maximum absolute atomic E-state index is 13.6.